The van der Waals surface area contributed by atoms with Gasteiger partial charge in [0, 0.05) is 11.9 Å². The molecule has 1 aromatic heterocycles. The smallest absolute Gasteiger partial charge is 0.278 e. The summed E-state index contributed by atoms with van der Waals surface area (Å²) in [6.07, 6.45) is 1.93. The molecule has 2 aromatic rings. The molecule has 0 aliphatic rings. The van der Waals surface area contributed by atoms with Gasteiger partial charge in [0.25, 0.3) is 5.69 Å². The molecule has 1 heterocycles. The Kier molecular flexibility index (Phi) is 4.41. The summed E-state index contributed by atoms with van der Waals surface area (Å²) in [6.45, 7) is 0. The number of nitrogens with one attached hydrogen (secondary N) is 1. The highest BCUT2D eigenvalue weighted by Gasteiger charge is 2.13. The molecule has 0 saturated carbocycles. The molecule has 0 aliphatic carbocycles. The van der Waals surface area contributed by atoms with Crippen molar-refractivity contribution in [2.75, 3.05) is 18.6 Å². The summed E-state index contributed by atoms with van der Waals surface area (Å²) in [7, 11) is 1.64. The van der Waals surface area contributed by atoms with E-state index < -0.39 is 4.92 Å². The lowest BCUT2D eigenvalue weighted by molar-refractivity contribution is -0.384. The summed E-state index contributed by atoms with van der Waals surface area (Å²) >= 11 is 1.53. The van der Waals surface area contributed by atoms with Gasteiger partial charge >= 0.3 is 0 Å². The molecule has 0 spiro atoms. The van der Waals surface area contributed by atoms with Gasteiger partial charge in [-0.2, -0.15) is 4.98 Å². The molecule has 1 aromatic carbocycles. The summed E-state index contributed by atoms with van der Waals surface area (Å²) in [5, 5.41) is 13.7. The first-order chi connectivity index (χ1) is 9.63. The first-order valence-electron chi connectivity index (χ1n) is 5.79. The second-order valence-corrected chi connectivity index (χ2v) is 4.66. The van der Waals surface area contributed by atoms with Crippen molar-refractivity contribution in [2.24, 2.45) is 0 Å². The number of ether oxygens (including phenoxy) is 1. The Morgan fingerprint density at radius 2 is 2.10 bits per heavy atom. The van der Waals surface area contributed by atoms with E-state index in [1.807, 2.05) is 24.5 Å². The fourth-order valence-electron chi connectivity index (χ4n) is 1.59. The van der Waals surface area contributed by atoms with E-state index in [1.54, 1.807) is 13.1 Å². The van der Waals surface area contributed by atoms with Gasteiger partial charge in [0.1, 0.15) is 11.6 Å². The SMILES string of the molecule is CNc1cc([N+](=O)[O-])cc(Oc2ccccc2SC)n1. The summed E-state index contributed by atoms with van der Waals surface area (Å²) in [6, 6.07) is 10.1. The highest BCUT2D eigenvalue weighted by atomic mass is 32.2. The van der Waals surface area contributed by atoms with Crippen LogP contribution in [-0.2, 0) is 0 Å². The molecule has 1 N–H and O–H groups in total. The standard InChI is InChI=1S/C13H13N3O3S/c1-14-12-7-9(16(17)18)8-13(15-12)19-10-5-3-4-6-11(10)20-2/h3-8H,1-2H3,(H,14,15). The van der Waals surface area contributed by atoms with Gasteiger partial charge in [0.2, 0.25) is 5.88 Å². The van der Waals surface area contributed by atoms with Crippen LogP contribution in [0.25, 0.3) is 0 Å². The largest absolute Gasteiger partial charge is 0.438 e. The zero-order valence-electron chi connectivity index (χ0n) is 11.0. The van der Waals surface area contributed by atoms with E-state index in [9.17, 15) is 10.1 Å². The van der Waals surface area contributed by atoms with E-state index in [0.717, 1.165) is 4.90 Å². The van der Waals surface area contributed by atoms with E-state index in [-0.39, 0.29) is 11.6 Å². The number of nitro groups is 1. The number of anilines is 1. The maximum atomic E-state index is 10.9. The third kappa shape index (κ3) is 3.18. The zero-order chi connectivity index (χ0) is 14.5. The molecule has 20 heavy (non-hydrogen) atoms. The molecule has 0 amide bonds. The average molecular weight is 291 g/mol. The molecule has 7 heteroatoms. The fourth-order valence-corrected chi connectivity index (χ4v) is 2.12. The molecule has 104 valence electrons. The molecular weight excluding hydrogens is 278 g/mol. The topological polar surface area (TPSA) is 77.3 Å². The minimum Gasteiger partial charge on any atom is -0.438 e. The Hall–Kier alpha value is -2.28. The number of hydrogen-bond acceptors (Lipinski definition) is 6. The Morgan fingerprint density at radius 1 is 1.35 bits per heavy atom. The normalized spacial score (nSPS) is 10.1. The van der Waals surface area contributed by atoms with Crippen molar-refractivity contribution in [3.8, 4) is 11.6 Å². The van der Waals surface area contributed by atoms with Crippen molar-refractivity contribution in [2.45, 2.75) is 4.90 Å². The van der Waals surface area contributed by atoms with Gasteiger partial charge < -0.3 is 10.1 Å². The van der Waals surface area contributed by atoms with Crippen LogP contribution < -0.4 is 10.1 Å². The summed E-state index contributed by atoms with van der Waals surface area (Å²) < 4.78 is 5.66. The van der Waals surface area contributed by atoms with Crippen molar-refractivity contribution in [1.29, 1.82) is 0 Å². The Labute approximate surface area is 120 Å². The van der Waals surface area contributed by atoms with Gasteiger partial charge in [-0.25, -0.2) is 0 Å². The number of rotatable bonds is 5. The van der Waals surface area contributed by atoms with Crippen LogP contribution in [-0.4, -0.2) is 23.2 Å². The van der Waals surface area contributed by atoms with Crippen LogP contribution in [0, 0.1) is 10.1 Å². The van der Waals surface area contributed by atoms with Gasteiger partial charge in [-0.3, -0.25) is 10.1 Å². The number of para-hydroxylation sites is 1. The molecule has 0 atom stereocenters. The Balaban J connectivity index is 2.37. The lowest BCUT2D eigenvalue weighted by Gasteiger charge is -2.09. The predicted octanol–water partition coefficient (Wildman–Crippen LogP) is 3.55. The maximum Gasteiger partial charge on any atom is 0.278 e. The van der Waals surface area contributed by atoms with Crippen LogP contribution in [0.3, 0.4) is 0 Å². The second kappa shape index (κ2) is 6.25. The minimum absolute atomic E-state index is 0.0685. The number of nitrogens with zero attached hydrogens (tertiary/aromatic N) is 2. The average Bonchev–Trinajstić information content (AvgIpc) is 2.47. The van der Waals surface area contributed by atoms with Gasteiger partial charge in [-0.15, -0.1) is 11.8 Å². The van der Waals surface area contributed by atoms with Crippen LogP contribution in [0.5, 0.6) is 11.6 Å². The van der Waals surface area contributed by atoms with Crippen molar-refractivity contribution in [3.05, 3.63) is 46.5 Å². The molecule has 2 rings (SSSR count). The third-order valence-electron chi connectivity index (χ3n) is 2.54. The lowest BCUT2D eigenvalue weighted by atomic mass is 10.3. The molecule has 6 nitrogen and oxygen atoms in total. The molecule has 0 saturated heterocycles. The number of benzene rings is 1. The van der Waals surface area contributed by atoms with Gasteiger partial charge in [0.05, 0.1) is 17.1 Å². The summed E-state index contributed by atoms with van der Waals surface area (Å²) in [4.78, 5) is 15.5. The van der Waals surface area contributed by atoms with E-state index in [1.165, 1.54) is 23.9 Å². The van der Waals surface area contributed by atoms with Gasteiger partial charge in [-0.05, 0) is 18.4 Å². The third-order valence-corrected chi connectivity index (χ3v) is 3.31. The second-order valence-electron chi connectivity index (χ2n) is 3.81. The minimum atomic E-state index is -0.476. The van der Waals surface area contributed by atoms with Crippen LogP contribution in [0.1, 0.15) is 0 Å². The van der Waals surface area contributed by atoms with Crippen LogP contribution in [0.4, 0.5) is 11.5 Å². The fraction of sp³-hybridized carbons (Fsp3) is 0.154. The van der Waals surface area contributed by atoms with Crippen LogP contribution in [0.15, 0.2) is 41.3 Å². The van der Waals surface area contributed by atoms with Crippen molar-refractivity contribution in [1.82, 2.24) is 4.98 Å². The number of aromatic nitrogens is 1. The van der Waals surface area contributed by atoms with Crippen molar-refractivity contribution >= 4 is 23.3 Å². The van der Waals surface area contributed by atoms with E-state index in [2.05, 4.69) is 10.3 Å². The first kappa shape index (κ1) is 14.1. The monoisotopic (exact) mass is 291 g/mol. The molecular formula is C13H13N3O3S. The molecule has 0 radical (unpaired) electrons. The number of pyridine rings is 1. The van der Waals surface area contributed by atoms with Gasteiger partial charge in [0.15, 0.2) is 0 Å². The van der Waals surface area contributed by atoms with E-state index in [0.29, 0.717) is 11.6 Å². The number of thioether (sulfide) groups is 1. The highest BCUT2D eigenvalue weighted by molar-refractivity contribution is 7.98. The predicted molar refractivity (Wildman–Crippen MR) is 78.7 cm³/mol. The van der Waals surface area contributed by atoms with E-state index >= 15 is 0 Å². The summed E-state index contributed by atoms with van der Waals surface area (Å²) in [5.74, 6) is 1.19. The van der Waals surface area contributed by atoms with Crippen molar-refractivity contribution < 1.29 is 9.66 Å². The molecule has 0 aliphatic heterocycles. The van der Waals surface area contributed by atoms with Crippen LogP contribution >= 0.6 is 11.8 Å². The zero-order valence-corrected chi connectivity index (χ0v) is 11.8. The van der Waals surface area contributed by atoms with E-state index in [4.69, 9.17) is 4.74 Å². The Bertz CT molecular complexity index is 634. The first-order valence-corrected chi connectivity index (χ1v) is 7.01. The quantitative estimate of drug-likeness (QED) is 0.515. The van der Waals surface area contributed by atoms with Crippen molar-refractivity contribution in [3.63, 3.8) is 0 Å². The molecule has 0 fully saturated rings. The molecule has 0 bridgehead atoms. The van der Waals surface area contributed by atoms with Gasteiger partial charge in [-0.1, -0.05) is 12.1 Å². The summed E-state index contributed by atoms with van der Waals surface area (Å²) in [5.41, 5.74) is -0.0685. The Morgan fingerprint density at radius 3 is 2.75 bits per heavy atom. The maximum absolute atomic E-state index is 10.9. The van der Waals surface area contributed by atoms with Crippen LogP contribution in [0.2, 0.25) is 0 Å². The molecule has 0 unspecified atom stereocenters. The lowest BCUT2D eigenvalue weighted by Crippen LogP contribution is -1.98. The number of hydrogen-bond donors (Lipinski definition) is 1. The highest BCUT2D eigenvalue weighted by Crippen LogP contribution is 2.32.